The third-order valence-electron chi connectivity index (χ3n) is 7.59. The molecule has 0 radical (unpaired) electrons. The Hall–Kier alpha value is -3.42. The molecule has 0 unspecified atom stereocenters. The molecule has 1 aliphatic heterocycles. The topological polar surface area (TPSA) is 91.4 Å². The average molecular weight is 504 g/mol. The van der Waals surface area contributed by atoms with Gasteiger partial charge in [0, 0.05) is 49.0 Å². The molecule has 37 heavy (non-hydrogen) atoms. The van der Waals surface area contributed by atoms with Crippen LogP contribution in [0.3, 0.4) is 0 Å². The molecule has 1 N–H and O–H groups in total. The number of aromatic amines is 1. The van der Waals surface area contributed by atoms with Crippen molar-refractivity contribution in [3.63, 3.8) is 0 Å². The van der Waals surface area contributed by atoms with Crippen LogP contribution in [0.2, 0.25) is 0 Å². The summed E-state index contributed by atoms with van der Waals surface area (Å²) in [6.07, 6.45) is 8.54. The molecule has 1 amide bonds. The maximum atomic E-state index is 13.5. The largest absolute Gasteiger partial charge is 0.444 e. The maximum Gasteiger partial charge on any atom is 0.410 e. The number of amides is 1. The van der Waals surface area contributed by atoms with Gasteiger partial charge in [0.05, 0.1) is 17.5 Å². The number of ketones is 1. The second kappa shape index (κ2) is 9.80. The van der Waals surface area contributed by atoms with Crippen molar-refractivity contribution in [2.75, 3.05) is 31.1 Å². The van der Waals surface area contributed by atoms with Gasteiger partial charge in [-0.05, 0) is 45.7 Å². The number of Topliss-reactive ketones (excluding diaryl/α,β-unsaturated/α-hetero) is 1. The van der Waals surface area contributed by atoms with E-state index >= 15 is 0 Å². The lowest BCUT2D eigenvalue weighted by Crippen LogP contribution is -2.50. The van der Waals surface area contributed by atoms with Crippen molar-refractivity contribution in [3.8, 4) is 11.3 Å². The number of H-pyrrole nitrogens is 1. The zero-order chi connectivity index (χ0) is 26.2. The Bertz CT molecular complexity index is 1280. The smallest absolute Gasteiger partial charge is 0.410 e. The molecule has 196 valence electrons. The number of nitrogens with zero attached hydrogens (tertiary/aromatic N) is 4. The number of benzene rings is 1. The van der Waals surface area contributed by atoms with E-state index in [1.165, 1.54) is 6.42 Å². The van der Waals surface area contributed by atoms with Crippen molar-refractivity contribution >= 4 is 28.7 Å². The van der Waals surface area contributed by atoms with Gasteiger partial charge in [-0.15, -0.1) is 0 Å². The van der Waals surface area contributed by atoms with Crippen LogP contribution in [-0.2, 0) is 4.74 Å². The molecule has 1 aromatic carbocycles. The predicted molar refractivity (Wildman–Crippen MR) is 145 cm³/mol. The summed E-state index contributed by atoms with van der Waals surface area (Å²) in [6, 6.07) is 8.25. The van der Waals surface area contributed by atoms with Gasteiger partial charge >= 0.3 is 6.09 Å². The lowest BCUT2D eigenvalue weighted by atomic mass is 9.71. The summed E-state index contributed by atoms with van der Waals surface area (Å²) in [5.41, 5.74) is 3.93. The molecule has 0 bridgehead atoms. The van der Waals surface area contributed by atoms with Gasteiger partial charge in [-0.2, -0.15) is 0 Å². The van der Waals surface area contributed by atoms with E-state index in [0.29, 0.717) is 29.8 Å². The lowest BCUT2D eigenvalue weighted by Gasteiger charge is -2.36. The molecule has 3 heterocycles. The molecule has 8 nitrogen and oxygen atoms in total. The third-order valence-corrected chi connectivity index (χ3v) is 7.59. The minimum Gasteiger partial charge on any atom is -0.444 e. The summed E-state index contributed by atoms with van der Waals surface area (Å²) in [4.78, 5) is 42.4. The number of piperazine rings is 1. The van der Waals surface area contributed by atoms with Crippen LogP contribution in [0.15, 0.2) is 36.7 Å². The van der Waals surface area contributed by atoms with Gasteiger partial charge in [-0.25, -0.2) is 14.8 Å². The first kappa shape index (κ1) is 25.2. The van der Waals surface area contributed by atoms with Crippen LogP contribution in [0.1, 0.15) is 70.2 Å². The standard InChI is InChI=1S/C29H37N5O3/c1-28(2,3)37-27(36)34-16-14-33(15-17-34)21-10-8-20(9-11-21)23-19-31-26-24(32-23)22(18-30-26)25(35)29(4)12-6-5-7-13-29/h8-11,18-19H,5-7,12-17H2,1-4H3,(H,30,31). The van der Waals surface area contributed by atoms with Crippen molar-refractivity contribution in [2.45, 2.75) is 65.4 Å². The van der Waals surface area contributed by atoms with Crippen LogP contribution >= 0.6 is 0 Å². The Morgan fingerprint density at radius 1 is 1.00 bits per heavy atom. The van der Waals surface area contributed by atoms with Gasteiger partial charge in [0.15, 0.2) is 11.4 Å². The second-order valence-corrected chi connectivity index (χ2v) is 11.6. The second-order valence-electron chi connectivity index (χ2n) is 11.6. The quantitative estimate of drug-likeness (QED) is 0.450. The van der Waals surface area contributed by atoms with E-state index in [9.17, 15) is 9.59 Å². The Morgan fingerprint density at radius 3 is 2.32 bits per heavy atom. The Kier molecular flexibility index (Phi) is 6.68. The first-order valence-electron chi connectivity index (χ1n) is 13.4. The van der Waals surface area contributed by atoms with Gasteiger partial charge < -0.3 is 19.5 Å². The Balaban J connectivity index is 1.29. The number of aromatic nitrogens is 3. The summed E-state index contributed by atoms with van der Waals surface area (Å²) in [5.74, 6) is 0.172. The number of rotatable bonds is 4. The number of ether oxygens (including phenoxy) is 1. The molecule has 3 aromatic rings. The van der Waals surface area contributed by atoms with Crippen molar-refractivity contribution in [1.82, 2.24) is 19.9 Å². The molecule has 5 rings (SSSR count). The first-order chi connectivity index (χ1) is 17.6. The molecule has 1 aliphatic carbocycles. The van der Waals surface area contributed by atoms with E-state index in [1.54, 1.807) is 17.3 Å². The maximum absolute atomic E-state index is 13.5. The van der Waals surface area contributed by atoms with E-state index in [-0.39, 0.29) is 17.3 Å². The SMILES string of the molecule is CC(C)(C)OC(=O)N1CCN(c2ccc(-c3cnc4[nH]cc(C(=O)C5(C)CCCCC5)c4n3)cc2)CC1. The number of hydrogen-bond donors (Lipinski definition) is 1. The fraction of sp³-hybridized carbons (Fsp3) is 0.517. The summed E-state index contributed by atoms with van der Waals surface area (Å²) in [5, 5.41) is 0. The van der Waals surface area contributed by atoms with E-state index in [1.807, 2.05) is 32.9 Å². The van der Waals surface area contributed by atoms with Gasteiger partial charge in [-0.1, -0.05) is 38.3 Å². The normalized spacial score (nSPS) is 18.2. The Morgan fingerprint density at radius 2 is 1.68 bits per heavy atom. The summed E-state index contributed by atoms with van der Waals surface area (Å²) in [7, 11) is 0. The molecular weight excluding hydrogens is 466 g/mol. The molecule has 8 heteroatoms. The van der Waals surface area contributed by atoms with E-state index in [0.717, 1.165) is 55.7 Å². The molecule has 2 aromatic heterocycles. The van der Waals surface area contributed by atoms with Crippen LogP contribution in [0.25, 0.3) is 22.4 Å². The van der Waals surface area contributed by atoms with Crippen LogP contribution in [-0.4, -0.2) is 63.5 Å². The van der Waals surface area contributed by atoms with Gasteiger partial charge in [0.2, 0.25) is 0 Å². The Labute approximate surface area is 218 Å². The fourth-order valence-electron chi connectivity index (χ4n) is 5.40. The number of hydrogen-bond acceptors (Lipinski definition) is 6. The van der Waals surface area contributed by atoms with E-state index in [2.05, 4.69) is 33.9 Å². The molecule has 1 saturated carbocycles. The zero-order valence-electron chi connectivity index (χ0n) is 22.3. The van der Waals surface area contributed by atoms with Gasteiger partial charge in [-0.3, -0.25) is 4.79 Å². The molecule has 0 spiro atoms. The fourth-order valence-corrected chi connectivity index (χ4v) is 5.40. The number of fused-ring (bicyclic) bond motifs is 1. The van der Waals surface area contributed by atoms with E-state index < -0.39 is 5.60 Å². The minimum absolute atomic E-state index is 0.172. The van der Waals surface area contributed by atoms with Crippen molar-refractivity contribution in [2.24, 2.45) is 5.41 Å². The van der Waals surface area contributed by atoms with E-state index in [4.69, 9.17) is 9.72 Å². The highest BCUT2D eigenvalue weighted by atomic mass is 16.6. The zero-order valence-corrected chi connectivity index (χ0v) is 22.3. The highest BCUT2D eigenvalue weighted by Crippen LogP contribution is 2.39. The van der Waals surface area contributed by atoms with Gasteiger partial charge in [0.1, 0.15) is 11.1 Å². The van der Waals surface area contributed by atoms with Crippen LogP contribution in [0.4, 0.5) is 10.5 Å². The predicted octanol–water partition coefficient (Wildman–Crippen LogP) is 5.84. The number of nitrogens with one attached hydrogen (secondary N) is 1. The molecule has 0 atom stereocenters. The average Bonchev–Trinajstić information content (AvgIpc) is 3.31. The number of anilines is 1. The highest BCUT2D eigenvalue weighted by molar-refractivity contribution is 6.08. The summed E-state index contributed by atoms with van der Waals surface area (Å²) in [6.45, 7) is 10.5. The minimum atomic E-state index is -0.488. The van der Waals surface area contributed by atoms with Crippen molar-refractivity contribution < 1.29 is 14.3 Å². The van der Waals surface area contributed by atoms with Crippen LogP contribution < -0.4 is 4.90 Å². The number of carbonyl (C=O) groups is 2. The molecule has 2 fully saturated rings. The van der Waals surface area contributed by atoms with Crippen LogP contribution in [0.5, 0.6) is 0 Å². The molecule has 1 saturated heterocycles. The van der Waals surface area contributed by atoms with Crippen molar-refractivity contribution in [1.29, 1.82) is 0 Å². The number of carbonyl (C=O) groups excluding carboxylic acids is 2. The molecule has 2 aliphatic rings. The highest BCUT2D eigenvalue weighted by Gasteiger charge is 2.36. The monoisotopic (exact) mass is 503 g/mol. The molecular formula is C29H37N5O3. The van der Waals surface area contributed by atoms with Crippen molar-refractivity contribution in [3.05, 3.63) is 42.2 Å². The van der Waals surface area contributed by atoms with Crippen LogP contribution in [0, 0.1) is 5.41 Å². The summed E-state index contributed by atoms with van der Waals surface area (Å²) < 4.78 is 5.50. The first-order valence-corrected chi connectivity index (χ1v) is 13.4. The lowest BCUT2D eigenvalue weighted by molar-refractivity contribution is 0.0240. The summed E-state index contributed by atoms with van der Waals surface area (Å²) >= 11 is 0. The third kappa shape index (κ3) is 5.33. The van der Waals surface area contributed by atoms with Gasteiger partial charge in [0.25, 0.3) is 0 Å².